The molecule has 120 valence electrons. The first-order valence-corrected chi connectivity index (χ1v) is 5.02. The molecule has 0 radical (unpaired) electrons. The second-order valence-corrected chi connectivity index (χ2v) is 3.18. The molecule has 12 heteroatoms. The molecule has 0 heterocycles. The molecule has 0 bridgehead atoms. The third kappa shape index (κ3) is 66.7. The average molecular weight is 378 g/mol. The Labute approximate surface area is 203 Å². The molecule has 0 aromatic rings. The quantitative estimate of drug-likeness (QED) is 0.208. The molecule has 0 fully saturated rings. The zero-order valence-electron chi connectivity index (χ0n) is 14.3. The minimum Gasteiger partial charge on any atom is -0.875 e. The monoisotopic (exact) mass is 378 g/mol. The van der Waals surface area contributed by atoms with Gasteiger partial charge in [-0.3, -0.25) is 14.4 Å². The van der Waals surface area contributed by atoms with E-state index in [1.807, 2.05) is 0 Å². The summed E-state index contributed by atoms with van der Waals surface area (Å²) < 4.78 is 33.1. The smallest absolute Gasteiger partial charge is 0.875 e. The number of hydrogen-bond donors (Lipinski definition) is 0. The predicted octanol–water partition coefficient (Wildman–Crippen LogP) is -9.75. The molecule has 0 rings (SSSR count). The second-order valence-electron chi connectivity index (χ2n) is 3.18. The summed E-state index contributed by atoms with van der Waals surface area (Å²) in [4.78, 5) is 27.9. The summed E-state index contributed by atoms with van der Waals surface area (Å²) in [5, 5.41) is 29.2. The van der Waals surface area contributed by atoms with Crippen molar-refractivity contribution in [2.24, 2.45) is 0 Å². The van der Waals surface area contributed by atoms with Gasteiger partial charge in [-0.15, -0.1) is 17.3 Å². The fourth-order valence-electron chi connectivity index (χ4n) is 0.479. The van der Waals surface area contributed by atoms with Gasteiger partial charge in [-0.25, -0.2) is 0 Å². The second kappa shape index (κ2) is 25.7. The van der Waals surface area contributed by atoms with Crippen LogP contribution < -0.4 is 104 Å². The summed E-state index contributed by atoms with van der Waals surface area (Å²) in [7, 11) is 0. The summed E-state index contributed by atoms with van der Waals surface area (Å²) in [5.74, 6) is -1.69. The van der Waals surface area contributed by atoms with Crippen molar-refractivity contribution >= 4 is 18.1 Å². The maximum absolute atomic E-state index is 11.0. The first-order chi connectivity index (χ1) is 9.38. The van der Waals surface area contributed by atoms with Crippen LogP contribution in [0, 0.1) is 0 Å². The molecule has 24 heavy (non-hydrogen) atoms. The van der Waals surface area contributed by atoms with E-state index in [0.29, 0.717) is 18.2 Å². The van der Waals surface area contributed by atoms with Crippen molar-refractivity contribution in [3.63, 3.8) is 0 Å². The molecule has 0 spiro atoms. The van der Waals surface area contributed by atoms with E-state index in [2.05, 4.69) is 0 Å². The standard InChI is InChI=1S/3C4H5FO2.3Na/c3*1-3(6)2-4(5)7;;;/h3*2,6H,1H3;;;/q;;;3*+1/p-3/b3*3-2-;;;. The normalized spacial score (nSPS) is 10.0. The Morgan fingerprint density at radius 2 is 0.708 bits per heavy atom. The Kier molecular flexibility index (Phi) is 42.2. The molecule has 0 saturated carbocycles. The third-order valence-corrected chi connectivity index (χ3v) is 0.950. The van der Waals surface area contributed by atoms with E-state index in [1.54, 1.807) is 0 Å². The Bertz CT molecular complexity index is 386. The van der Waals surface area contributed by atoms with Crippen molar-refractivity contribution in [2.75, 3.05) is 0 Å². The number of rotatable bonds is 3. The zero-order valence-corrected chi connectivity index (χ0v) is 20.3. The van der Waals surface area contributed by atoms with Crippen molar-refractivity contribution in [3.8, 4) is 0 Å². The third-order valence-electron chi connectivity index (χ3n) is 0.950. The van der Waals surface area contributed by atoms with Gasteiger partial charge in [0.25, 0.3) is 0 Å². The van der Waals surface area contributed by atoms with Crippen LogP contribution in [0.25, 0.3) is 0 Å². The van der Waals surface area contributed by atoms with Crippen molar-refractivity contribution in [2.45, 2.75) is 20.8 Å². The topological polar surface area (TPSA) is 120 Å². The molecule has 0 amide bonds. The molecule has 0 atom stereocenters. The number of halogens is 3. The first kappa shape index (κ1) is 39.5. The van der Waals surface area contributed by atoms with E-state index < -0.39 is 35.4 Å². The summed E-state index contributed by atoms with van der Waals surface area (Å²) in [6, 6.07) is -5.06. The minimum atomic E-state index is -1.69. The van der Waals surface area contributed by atoms with Gasteiger partial charge in [-0.1, -0.05) is 20.8 Å². The van der Waals surface area contributed by atoms with E-state index >= 15 is 0 Å². The van der Waals surface area contributed by atoms with Crippen molar-refractivity contribution < 1.29 is 132 Å². The molecule has 0 aliphatic carbocycles. The SMILES string of the molecule is C/C([O-])=C/C(=O)F.C/C([O-])=C/C(=O)F.C/C([O-])=C/C(=O)F.[Na+].[Na+].[Na+]. The average Bonchev–Trinajstić information content (AvgIpc) is 2.10. The van der Waals surface area contributed by atoms with Crippen LogP contribution in [-0.2, 0) is 14.4 Å². The van der Waals surface area contributed by atoms with Gasteiger partial charge < -0.3 is 15.3 Å². The van der Waals surface area contributed by atoms with Crippen LogP contribution in [-0.4, -0.2) is 18.1 Å². The predicted molar refractivity (Wildman–Crippen MR) is 59.6 cm³/mol. The van der Waals surface area contributed by atoms with Crippen molar-refractivity contribution in [1.82, 2.24) is 0 Å². The zero-order chi connectivity index (χ0) is 17.6. The van der Waals surface area contributed by atoms with Gasteiger partial charge in [0.15, 0.2) is 0 Å². The van der Waals surface area contributed by atoms with E-state index in [9.17, 15) is 42.9 Å². The molecule has 0 N–H and O–H groups in total. The molecule has 0 aliphatic heterocycles. The van der Waals surface area contributed by atoms with Gasteiger partial charge in [0.2, 0.25) is 0 Å². The van der Waals surface area contributed by atoms with E-state index in [1.165, 1.54) is 0 Å². The van der Waals surface area contributed by atoms with Gasteiger partial charge in [0.05, 0.1) is 0 Å². The maximum atomic E-state index is 11.0. The van der Waals surface area contributed by atoms with E-state index in [0.717, 1.165) is 20.8 Å². The molecule has 0 aliphatic rings. The van der Waals surface area contributed by atoms with Gasteiger partial charge >= 0.3 is 107 Å². The summed E-state index contributed by atoms with van der Waals surface area (Å²) >= 11 is 0. The van der Waals surface area contributed by atoms with Crippen LogP contribution in [0.3, 0.4) is 0 Å². The number of hydrogen-bond acceptors (Lipinski definition) is 6. The largest absolute Gasteiger partial charge is 1.00 e. The molecular weight excluding hydrogens is 366 g/mol. The molecule has 0 unspecified atom stereocenters. The van der Waals surface area contributed by atoms with Crippen LogP contribution >= 0.6 is 0 Å². The number of allylic oxidation sites excluding steroid dienone is 6. The van der Waals surface area contributed by atoms with Crippen LogP contribution in [0.1, 0.15) is 20.8 Å². The van der Waals surface area contributed by atoms with E-state index in [4.69, 9.17) is 0 Å². The Morgan fingerprint density at radius 3 is 0.708 bits per heavy atom. The number of carbonyl (C=O) groups is 3. The molecule has 0 saturated heterocycles. The van der Waals surface area contributed by atoms with Crippen LogP contribution in [0.15, 0.2) is 35.5 Å². The van der Waals surface area contributed by atoms with Gasteiger partial charge in [-0.2, -0.15) is 13.2 Å². The fourth-order valence-corrected chi connectivity index (χ4v) is 0.479. The Balaban J connectivity index is -0.0000000476. The van der Waals surface area contributed by atoms with Gasteiger partial charge in [-0.05, 0) is 0 Å². The van der Waals surface area contributed by atoms with Crippen molar-refractivity contribution in [3.05, 3.63) is 35.5 Å². The Hall–Kier alpha value is 0.420. The molecule has 0 aromatic carbocycles. The first-order valence-electron chi connectivity index (χ1n) is 5.02. The van der Waals surface area contributed by atoms with Crippen LogP contribution in [0.4, 0.5) is 13.2 Å². The minimum absolute atomic E-state index is 0. The summed E-state index contributed by atoms with van der Waals surface area (Å²) in [6.45, 7) is 3.33. The van der Waals surface area contributed by atoms with Crippen LogP contribution in [0.5, 0.6) is 0 Å². The molecule has 6 nitrogen and oxygen atoms in total. The van der Waals surface area contributed by atoms with Crippen molar-refractivity contribution in [1.29, 1.82) is 0 Å². The Morgan fingerprint density at radius 1 is 0.583 bits per heavy atom. The number of carbonyl (C=O) groups excluding carboxylic acids is 3. The van der Waals surface area contributed by atoms with Gasteiger partial charge in [0, 0.05) is 18.2 Å². The molecule has 0 aromatic heterocycles. The van der Waals surface area contributed by atoms with Crippen LogP contribution in [0.2, 0.25) is 0 Å². The fraction of sp³-hybridized carbons (Fsp3) is 0.250. The van der Waals surface area contributed by atoms with Gasteiger partial charge in [0.1, 0.15) is 0 Å². The van der Waals surface area contributed by atoms with E-state index in [-0.39, 0.29) is 88.7 Å². The maximum Gasteiger partial charge on any atom is 1.00 e. The molecular formula is C12H12F3Na3O6. The summed E-state index contributed by atoms with van der Waals surface area (Å²) in [5.41, 5.74) is 0. The summed E-state index contributed by atoms with van der Waals surface area (Å²) in [6.07, 6.45) is 1.17.